The average molecular weight is 240 g/mol. The highest BCUT2D eigenvalue weighted by atomic mass is 32.2. The minimum atomic E-state index is 0.0337. The van der Waals surface area contributed by atoms with Crippen molar-refractivity contribution >= 4 is 11.8 Å². The Morgan fingerprint density at radius 1 is 1.38 bits per heavy atom. The molecule has 3 nitrogen and oxygen atoms in total. The summed E-state index contributed by atoms with van der Waals surface area (Å²) in [6, 6.07) is 1.99. The zero-order valence-corrected chi connectivity index (χ0v) is 11.0. The second kappa shape index (κ2) is 6.76. The van der Waals surface area contributed by atoms with E-state index in [0.29, 0.717) is 5.92 Å². The first kappa shape index (κ1) is 13.3. The summed E-state index contributed by atoms with van der Waals surface area (Å²) in [5.74, 6) is 3.54. The van der Waals surface area contributed by atoms with Crippen molar-refractivity contribution in [1.82, 2.24) is 4.98 Å². The fraction of sp³-hybridized carbons (Fsp3) is 0.583. The first-order valence-electron chi connectivity index (χ1n) is 5.45. The lowest BCUT2D eigenvalue weighted by Crippen LogP contribution is -2.14. The van der Waals surface area contributed by atoms with Crippen LogP contribution in [0.1, 0.15) is 25.5 Å². The van der Waals surface area contributed by atoms with Crippen molar-refractivity contribution < 1.29 is 4.74 Å². The first-order valence-corrected chi connectivity index (χ1v) is 6.61. The highest BCUT2D eigenvalue weighted by Crippen LogP contribution is 2.20. The van der Waals surface area contributed by atoms with Crippen molar-refractivity contribution in [3.8, 4) is 5.75 Å². The molecule has 0 fully saturated rings. The van der Waals surface area contributed by atoms with Crippen molar-refractivity contribution in [2.75, 3.05) is 18.6 Å². The normalized spacial score (nSPS) is 12.8. The zero-order chi connectivity index (χ0) is 12.0. The maximum atomic E-state index is 6.09. The van der Waals surface area contributed by atoms with Crippen LogP contribution in [0.4, 0.5) is 0 Å². The number of ether oxygens (including phenoxy) is 1. The monoisotopic (exact) mass is 240 g/mol. The highest BCUT2D eigenvalue weighted by Gasteiger charge is 2.08. The molecule has 0 radical (unpaired) electrons. The van der Waals surface area contributed by atoms with E-state index in [2.05, 4.69) is 18.8 Å². The SMILES string of the molecule is COc1cncc(C(N)CSCC(C)C)c1. The number of aromatic nitrogens is 1. The van der Waals surface area contributed by atoms with Crippen LogP contribution in [0.25, 0.3) is 0 Å². The quantitative estimate of drug-likeness (QED) is 0.830. The summed E-state index contributed by atoms with van der Waals surface area (Å²) < 4.78 is 5.12. The van der Waals surface area contributed by atoms with Crippen molar-refractivity contribution in [3.63, 3.8) is 0 Å². The zero-order valence-electron chi connectivity index (χ0n) is 10.1. The Morgan fingerprint density at radius 2 is 2.12 bits per heavy atom. The van der Waals surface area contributed by atoms with Gasteiger partial charge in [0.15, 0.2) is 0 Å². The van der Waals surface area contributed by atoms with Crippen LogP contribution in [0.15, 0.2) is 18.5 Å². The van der Waals surface area contributed by atoms with E-state index in [1.807, 2.05) is 24.0 Å². The number of rotatable bonds is 6. The van der Waals surface area contributed by atoms with Gasteiger partial charge in [-0.3, -0.25) is 4.98 Å². The summed E-state index contributed by atoms with van der Waals surface area (Å²) in [4.78, 5) is 4.11. The van der Waals surface area contributed by atoms with Crippen molar-refractivity contribution in [2.45, 2.75) is 19.9 Å². The molecule has 1 atom stereocenters. The molecule has 1 heterocycles. The third-order valence-corrected chi connectivity index (χ3v) is 3.64. The number of nitrogens with two attached hydrogens (primary N) is 1. The lowest BCUT2D eigenvalue weighted by molar-refractivity contribution is 0.412. The maximum Gasteiger partial charge on any atom is 0.137 e. The lowest BCUT2D eigenvalue weighted by Gasteiger charge is -2.13. The van der Waals surface area contributed by atoms with Gasteiger partial charge in [0, 0.05) is 18.0 Å². The molecule has 1 aromatic heterocycles. The number of pyridine rings is 1. The van der Waals surface area contributed by atoms with E-state index >= 15 is 0 Å². The first-order chi connectivity index (χ1) is 7.63. The third-order valence-electron chi connectivity index (χ3n) is 2.15. The molecule has 0 aliphatic carbocycles. The average Bonchev–Trinajstić information content (AvgIpc) is 2.28. The minimum absolute atomic E-state index is 0.0337. The predicted octanol–water partition coefficient (Wildman–Crippen LogP) is 2.48. The van der Waals surface area contributed by atoms with E-state index in [0.717, 1.165) is 22.8 Å². The Bertz CT molecular complexity index is 318. The predicted molar refractivity (Wildman–Crippen MR) is 69.9 cm³/mol. The van der Waals surface area contributed by atoms with Crippen LogP contribution >= 0.6 is 11.8 Å². The number of nitrogens with zero attached hydrogens (tertiary/aromatic N) is 1. The molecule has 0 saturated carbocycles. The van der Waals surface area contributed by atoms with Crippen LogP contribution in [0, 0.1) is 5.92 Å². The molecule has 0 aliphatic rings. The molecule has 0 aromatic carbocycles. The summed E-state index contributed by atoms with van der Waals surface area (Å²) in [6.07, 6.45) is 3.50. The van der Waals surface area contributed by atoms with Crippen LogP contribution in [0.3, 0.4) is 0 Å². The molecule has 1 aromatic rings. The van der Waals surface area contributed by atoms with E-state index in [-0.39, 0.29) is 6.04 Å². The van der Waals surface area contributed by atoms with Crippen molar-refractivity contribution in [3.05, 3.63) is 24.0 Å². The largest absolute Gasteiger partial charge is 0.495 e. The van der Waals surface area contributed by atoms with Gasteiger partial charge in [-0.25, -0.2) is 0 Å². The Labute approximate surface area is 102 Å². The molecule has 1 unspecified atom stereocenters. The molecule has 1 rings (SSSR count). The molecular formula is C12H20N2OS. The third kappa shape index (κ3) is 4.41. The van der Waals surface area contributed by atoms with Crippen molar-refractivity contribution in [1.29, 1.82) is 0 Å². The Kier molecular flexibility index (Phi) is 5.63. The van der Waals surface area contributed by atoms with Gasteiger partial charge >= 0.3 is 0 Å². The highest BCUT2D eigenvalue weighted by molar-refractivity contribution is 7.99. The van der Waals surface area contributed by atoms with Gasteiger partial charge in [-0.1, -0.05) is 13.8 Å². The molecule has 0 amide bonds. The van der Waals surface area contributed by atoms with Gasteiger partial charge in [0.25, 0.3) is 0 Å². The summed E-state index contributed by atoms with van der Waals surface area (Å²) >= 11 is 1.88. The van der Waals surface area contributed by atoms with Gasteiger partial charge in [0.05, 0.1) is 13.3 Å². The van der Waals surface area contributed by atoms with Gasteiger partial charge in [0.2, 0.25) is 0 Å². The molecular weight excluding hydrogens is 220 g/mol. The van der Waals surface area contributed by atoms with Crippen LogP contribution in [0.2, 0.25) is 0 Å². The Morgan fingerprint density at radius 3 is 2.75 bits per heavy atom. The molecule has 16 heavy (non-hydrogen) atoms. The van der Waals surface area contributed by atoms with Crippen LogP contribution in [-0.4, -0.2) is 23.6 Å². The van der Waals surface area contributed by atoms with E-state index < -0.39 is 0 Å². The number of methoxy groups -OCH3 is 1. The van der Waals surface area contributed by atoms with Gasteiger partial charge in [0.1, 0.15) is 5.75 Å². The molecule has 4 heteroatoms. The van der Waals surface area contributed by atoms with Gasteiger partial charge in [-0.2, -0.15) is 11.8 Å². The molecule has 0 aliphatic heterocycles. The Hall–Kier alpha value is -0.740. The topological polar surface area (TPSA) is 48.1 Å². The van der Waals surface area contributed by atoms with Crippen LogP contribution in [-0.2, 0) is 0 Å². The number of thioether (sulfide) groups is 1. The maximum absolute atomic E-state index is 6.09. The molecule has 0 spiro atoms. The molecule has 0 saturated heterocycles. The molecule has 0 bridgehead atoms. The van der Waals surface area contributed by atoms with Crippen LogP contribution in [0.5, 0.6) is 5.75 Å². The van der Waals surface area contributed by atoms with Crippen molar-refractivity contribution in [2.24, 2.45) is 11.7 Å². The fourth-order valence-corrected chi connectivity index (χ4v) is 2.33. The number of hydrogen-bond acceptors (Lipinski definition) is 4. The van der Waals surface area contributed by atoms with Gasteiger partial charge in [-0.05, 0) is 23.3 Å². The fourth-order valence-electron chi connectivity index (χ4n) is 1.28. The second-order valence-electron chi connectivity index (χ2n) is 4.20. The smallest absolute Gasteiger partial charge is 0.137 e. The van der Waals surface area contributed by atoms with E-state index in [1.165, 1.54) is 0 Å². The summed E-state index contributed by atoms with van der Waals surface area (Å²) in [6.45, 7) is 4.43. The van der Waals surface area contributed by atoms with E-state index in [1.54, 1.807) is 13.3 Å². The van der Waals surface area contributed by atoms with Gasteiger partial charge < -0.3 is 10.5 Å². The minimum Gasteiger partial charge on any atom is -0.495 e. The standard InChI is InChI=1S/C12H20N2OS/c1-9(2)7-16-8-12(13)10-4-11(15-3)6-14-5-10/h4-6,9,12H,7-8,13H2,1-3H3. The molecule has 2 N–H and O–H groups in total. The van der Waals surface area contributed by atoms with E-state index in [4.69, 9.17) is 10.5 Å². The lowest BCUT2D eigenvalue weighted by atomic mass is 10.1. The summed E-state index contributed by atoms with van der Waals surface area (Å²) in [7, 11) is 1.64. The van der Waals surface area contributed by atoms with E-state index in [9.17, 15) is 0 Å². The summed E-state index contributed by atoms with van der Waals surface area (Å²) in [5, 5.41) is 0. The number of hydrogen-bond donors (Lipinski definition) is 1. The van der Waals surface area contributed by atoms with Crippen LogP contribution < -0.4 is 10.5 Å². The molecule has 90 valence electrons. The second-order valence-corrected chi connectivity index (χ2v) is 5.27. The summed E-state index contributed by atoms with van der Waals surface area (Å²) in [5.41, 5.74) is 7.13. The Balaban J connectivity index is 2.48. The van der Waals surface area contributed by atoms with Gasteiger partial charge in [-0.15, -0.1) is 0 Å².